The number of aromatic nitrogens is 2. The predicted molar refractivity (Wildman–Crippen MR) is 125 cm³/mol. The van der Waals surface area contributed by atoms with Crippen molar-refractivity contribution in [3.8, 4) is 11.3 Å². The lowest BCUT2D eigenvalue weighted by Gasteiger charge is -2.05. The molecule has 4 rings (SSSR count). The van der Waals surface area contributed by atoms with E-state index in [-0.39, 0.29) is 5.69 Å². The van der Waals surface area contributed by atoms with Gasteiger partial charge in [0, 0.05) is 35.5 Å². The Labute approximate surface area is 189 Å². The maximum Gasteiger partial charge on any atom is 0.269 e. The molecule has 0 amide bonds. The standard InChI is InChI=1S/C24H17Cl2N3O2/c25-19-9-12-21(22(26)14-19)23-16-28(15-18-6-10-20(11-7-18)29(30)31)24(27-23)13-8-17-4-2-1-3-5-17/h1-14,16H,15H2/b13-8+. The molecule has 0 bridgehead atoms. The molecule has 4 aromatic rings. The van der Waals surface area contributed by atoms with E-state index in [0.717, 1.165) is 28.2 Å². The Morgan fingerprint density at radius 2 is 1.71 bits per heavy atom. The van der Waals surface area contributed by atoms with Gasteiger partial charge in [-0.15, -0.1) is 0 Å². The topological polar surface area (TPSA) is 61.0 Å². The summed E-state index contributed by atoms with van der Waals surface area (Å²) in [5.74, 6) is 0.739. The van der Waals surface area contributed by atoms with Crippen LogP contribution in [-0.2, 0) is 6.54 Å². The van der Waals surface area contributed by atoms with Gasteiger partial charge in [0.15, 0.2) is 0 Å². The first-order valence-corrected chi connectivity index (χ1v) is 10.2. The lowest BCUT2D eigenvalue weighted by atomic mass is 10.2. The Balaban J connectivity index is 1.71. The van der Waals surface area contributed by atoms with Gasteiger partial charge in [0.1, 0.15) is 5.82 Å². The van der Waals surface area contributed by atoms with Gasteiger partial charge in [0.05, 0.1) is 15.6 Å². The molecule has 3 aromatic carbocycles. The molecule has 0 aliphatic heterocycles. The lowest BCUT2D eigenvalue weighted by molar-refractivity contribution is -0.384. The van der Waals surface area contributed by atoms with E-state index in [2.05, 4.69) is 0 Å². The number of nitro groups is 1. The average Bonchev–Trinajstić information content (AvgIpc) is 3.15. The molecule has 0 unspecified atom stereocenters. The quantitative estimate of drug-likeness (QED) is 0.235. The summed E-state index contributed by atoms with van der Waals surface area (Å²) in [5.41, 5.74) is 3.54. The average molecular weight is 450 g/mol. The van der Waals surface area contributed by atoms with Crippen LogP contribution in [0.4, 0.5) is 5.69 Å². The van der Waals surface area contributed by atoms with E-state index in [9.17, 15) is 10.1 Å². The molecule has 1 aromatic heterocycles. The van der Waals surface area contributed by atoms with Crippen LogP contribution in [0.25, 0.3) is 23.4 Å². The molecule has 0 saturated carbocycles. The molecule has 154 valence electrons. The van der Waals surface area contributed by atoms with Crippen LogP contribution in [0.1, 0.15) is 17.0 Å². The summed E-state index contributed by atoms with van der Waals surface area (Å²) in [6.45, 7) is 0.505. The van der Waals surface area contributed by atoms with Crippen molar-refractivity contribution < 1.29 is 4.92 Å². The molecule has 0 spiro atoms. The van der Waals surface area contributed by atoms with Gasteiger partial charge in [-0.1, -0.05) is 71.7 Å². The Morgan fingerprint density at radius 1 is 0.968 bits per heavy atom. The molecular weight excluding hydrogens is 433 g/mol. The summed E-state index contributed by atoms with van der Waals surface area (Å²) in [4.78, 5) is 15.3. The molecule has 0 fully saturated rings. The fourth-order valence-electron chi connectivity index (χ4n) is 3.17. The maximum atomic E-state index is 10.9. The summed E-state index contributed by atoms with van der Waals surface area (Å²) in [6, 6.07) is 21.7. The number of rotatable bonds is 6. The highest BCUT2D eigenvalue weighted by Crippen LogP contribution is 2.30. The van der Waals surface area contributed by atoms with Crippen LogP contribution in [0, 0.1) is 10.1 Å². The van der Waals surface area contributed by atoms with Crippen LogP contribution >= 0.6 is 23.2 Å². The number of nitrogens with zero attached hydrogens (tertiary/aromatic N) is 3. The molecule has 31 heavy (non-hydrogen) atoms. The molecule has 5 nitrogen and oxygen atoms in total. The molecule has 7 heteroatoms. The SMILES string of the molecule is O=[N+]([O-])c1ccc(Cn2cc(-c3ccc(Cl)cc3Cl)nc2/C=C/c2ccccc2)cc1. The van der Waals surface area contributed by atoms with Crippen LogP contribution in [0.2, 0.25) is 10.0 Å². The fraction of sp³-hybridized carbons (Fsp3) is 0.0417. The molecule has 0 N–H and O–H groups in total. The van der Waals surface area contributed by atoms with Crippen molar-refractivity contribution >= 4 is 41.0 Å². The van der Waals surface area contributed by atoms with Crippen LogP contribution in [-0.4, -0.2) is 14.5 Å². The third-order valence-corrected chi connectivity index (χ3v) is 5.29. The Hall–Kier alpha value is -3.41. The zero-order chi connectivity index (χ0) is 21.8. The first-order chi connectivity index (χ1) is 15.0. The molecular formula is C24H17Cl2N3O2. The number of imidazole rings is 1. The van der Waals surface area contributed by atoms with Gasteiger partial charge in [0.2, 0.25) is 0 Å². The summed E-state index contributed by atoms with van der Waals surface area (Å²) < 4.78 is 1.99. The van der Waals surface area contributed by atoms with E-state index in [4.69, 9.17) is 28.2 Å². The number of benzene rings is 3. The van der Waals surface area contributed by atoms with Crippen molar-refractivity contribution in [2.45, 2.75) is 6.54 Å². The second-order valence-electron chi connectivity index (χ2n) is 6.90. The summed E-state index contributed by atoms with van der Waals surface area (Å²) >= 11 is 12.4. The number of halogens is 2. The maximum absolute atomic E-state index is 10.9. The van der Waals surface area contributed by atoms with Crippen molar-refractivity contribution in [1.82, 2.24) is 9.55 Å². The molecule has 1 heterocycles. The predicted octanol–water partition coefficient (Wildman–Crippen LogP) is 6.98. The van der Waals surface area contributed by atoms with E-state index in [1.807, 2.05) is 59.3 Å². The second-order valence-corrected chi connectivity index (χ2v) is 7.75. The third-order valence-electron chi connectivity index (χ3n) is 4.74. The van der Waals surface area contributed by atoms with Crippen LogP contribution < -0.4 is 0 Å². The summed E-state index contributed by atoms with van der Waals surface area (Å²) in [7, 11) is 0. The number of hydrogen-bond acceptors (Lipinski definition) is 3. The summed E-state index contributed by atoms with van der Waals surface area (Å²) in [5, 5.41) is 12.0. The van der Waals surface area contributed by atoms with Crippen molar-refractivity contribution in [3.05, 3.63) is 116 Å². The van der Waals surface area contributed by atoms with Crippen molar-refractivity contribution in [1.29, 1.82) is 0 Å². The Bertz CT molecular complexity index is 1250. The largest absolute Gasteiger partial charge is 0.326 e. The van der Waals surface area contributed by atoms with E-state index >= 15 is 0 Å². The number of non-ortho nitro benzene ring substituents is 1. The van der Waals surface area contributed by atoms with E-state index in [1.165, 1.54) is 12.1 Å². The number of nitro benzene ring substituents is 1. The second kappa shape index (κ2) is 9.16. The van der Waals surface area contributed by atoms with E-state index in [0.29, 0.717) is 16.6 Å². The van der Waals surface area contributed by atoms with Gasteiger partial charge in [-0.25, -0.2) is 4.98 Å². The van der Waals surface area contributed by atoms with E-state index < -0.39 is 4.92 Å². The highest BCUT2D eigenvalue weighted by molar-refractivity contribution is 6.36. The van der Waals surface area contributed by atoms with Gasteiger partial charge in [-0.2, -0.15) is 0 Å². The minimum atomic E-state index is -0.407. The van der Waals surface area contributed by atoms with E-state index in [1.54, 1.807) is 24.3 Å². The van der Waals surface area contributed by atoms with Gasteiger partial charge in [0.25, 0.3) is 5.69 Å². The molecule has 0 aliphatic carbocycles. The van der Waals surface area contributed by atoms with Gasteiger partial charge < -0.3 is 4.57 Å². The smallest absolute Gasteiger partial charge is 0.269 e. The van der Waals surface area contributed by atoms with Crippen molar-refractivity contribution in [3.63, 3.8) is 0 Å². The highest BCUT2D eigenvalue weighted by atomic mass is 35.5. The molecule has 0 atom stereocenters. The Kier molecular flexibility index (Phi) is 6.16. The molecule has 0 saturated heterocycles. The first-order valence-electron chi connectivity index (χ1n) is 9.48. The third kappa shape index (κ3) is 5.02. The van der Waals surface area contributed by atoms with Crippen molar-refractivity contribution in [2.75, 3.05) is 0 Å². The molecule has 0 aliphatic rings. The van der Waals surface area contributed by atoms with Crippen LogP contribution in [0.3, 0.4) is 0 Å². The monoisotopic (exact) mass is 449 g/mol. The number of hydrogen-bond donors (Lipinski definition) is 0. The van der Waals surface area contributed by atoms with Gasteiger partial charge in [-0.05, 0) is 35.4 Å². The Morgan fingerprint density at radius 3 is 2.39 bits per heavy atom. The van der Waals surface area contributed by atoms with Gasteiger partial charge >= 0.3 is 0 Å². The zero-order valence-electron chi connectivity index (χ0n) is 16.3. The highest BCUT2D eigenvalue weighted by Gasteiger charge is 2.12. The van der Waals surface area contributed by atoms with Gasteiger partial charge in [-0.3, -0.25) is 10.1 Å². The van der Waals surface area contributed by atoms with Crippen LogP contribution in [0.5, 0.6) is 0 Å². The molecule has 0 radical (unpaired) electrons. The summed E-state index contributed by atoms with van der Waals surface area (Å²) in [6.07, 6.45) is 5.84. The van der Waals surface area contributed by atoms with Crippen LogP contribution in [0.15, 0.2) is 79.0 Å². The minimum Gasteiger partial charge on any atom is -0.326 e. The zero-order valence-corrected chi connectivity index (χ0v) is 17.8. The fourth-order valence-corrected chi connectivity index (χ4v) is 3.68. The lowest BCUT2D eigenvalue weighted by Crippen LogP contribution is -2.01. The first kappa shape index (κ1) is 20.8. The van der Waals surface area contributed by atoms with Crippen molar-refractivity contribution in [2.24, 2.45) is 0 Å². The normalized spacial score (nSPS) is 11.2. The minimum absolute atomic E-state index is 0.0622.